The molecule has 2 heterocycles. The molecule has 0 amide bonds. The van der Waals surface area contributed by atoms with Crippen LogP contribution in [-0.4, -0.2) is 47.3 Å². The second-order valence-electron chi connectivity index (χ2n) is 7.80. The Hall–Kier alpha value is -2.69. The molecule has 0 aliphatic carbocycles. The molecule has 1 saturated heterocycles. The minimum absolute atomic E-state index is 0.0681. The SMILES string of the molecule is Cc1cccc(Cc2nc(CN3CC[C@H](F)C3)nn2-c2ccc(S(N)(=O)=O)cc2F)c1. The lowest BCUT2D eigenvalue weighted by Gasteiger charge is -2.11. The number of nitrogens with two attached hydrogens (primary N) is 1. The van der Waals surface area contributed by atoms with Crippen LogP contribution in [0.2, 0.25) is 0 Å². The van der Waals surface area contributed by atoms with Gasteiger partial charge in [-0.05, 0) is 37.1 Å². The minimum Gasteiger partial charge on any atom is -0.293 e. The van der Waals surface area contributed by atoms with Gasteiger partial charge in [-0.15, -0.1) is 5.10 Å². The predicted octanol–water partition coefficient (Wildman–Crippen LogP) is 2.50. The van der Waals surface area contributed by atoms with Crippen LogP contribution in [0.4, 0.5) is 8.78 Å². The molecule has 0 saturated carbocycles. The van der Waals surface area contributed by atoms with E-state index in [1.807, 2.05) is 36.1 Å². The van der Waals surface area contributed by atoms with Crippen molar-refractivity contribution >= 4 is 10.0 Å². The Bertz CT molecular complexity index is 1210. The molecular weight excluding hydrogens is 424 g/mol. The number of primary sulfonamides is 1. The lowest BCUT2D eigenvalue weighted by molar-refractivity contribution is 0.277. The number of aromatic nitrogens is 3. The van der Waals surface area contributed by atoms with E-state index in [2.05, 4.69) is 10.1 Å². The molecule has 0 unspecified atom stereocenters. The summed E-state index contributed by atoms with van der Waals surface area (Å²) in [7, 11) is -4.03. The van der Waals surface area contributed by atoms with Crippen LogP contribution >= 0.6 is 0 Å². The number of aryl methyl sites for hydroxylation is 1. The predicted molar refractivity (Wildman–Crippen MR) is 111 cm³/mol. The number of hydrogen-bond donors (Lipinski definition) is 1. The molecule has 7 nitrogen and oxygen atoms in total. The number of hydrogen-bond acceptors (Lipinski definition) is 5. The Morgan fingerprint density at radius 2 is 2.03 bits per heavy atom. The van der Waals surface area contributed by atoms with E-state index in [0.717, 1.165) is 17.2 Å². The number of halogens is 2. The molecule has 1 aliphatic rings. The Kier molecular flexibility index (Phi) is 5.87. The van der Waals surface area contributed by atoms with Gasteiger partial charge >= 0.3 is 0 Å². The largest absolute Gasteiger partial charge is 0.293 e. The highest BCUT2D eigenvalue weighted by atomic mass is 32.2. The van der Waals surface area contributed by atoms with E-state index in [1.165, 1.54) is 16.8 Å². The highest BCUT2D eigenvalue weighted by molar-refractivity contribution is 7.89. The number of nitrogens with zero attached hydrogens (tertiary/aromatic N) is 4. The first-order valence-corrected chi connectivity index (χ1v) is 11.4. The van der Waals surface area contributed by atoms with Gasteiger partial charge in [-0.3, -0.25) is 4.90 Å². The number of likely N-dealkylation sites (tertiary alicyclic amines) is 1. The Morgan fingerprint density at radius 1 is 1.23 bits per heavy atom. The van der Waals surface area contributed by atoms with Gasteiger partial charge in [0.15, 0.2) is 5.82 Å². The average molecular weight is 448 g/mol. The highest BCUT2D eigenvalue weighted by Crippen LogP contribution is 2.21. The molecule has 10 heteroatoms. The fourth-order valence-electron chi connectivity index (χ4n) is 3.74. The maximum Gasteiger partial charge on any atom is 0.238 e. The summed E-state index contributed by atoms with van der Waals surface area (Å²) in [6.45, 7) is 3.26. The van der Waals surface area contributed by atoms with Crippen molar-refractivity contribution in [3.63, 3.8) is 0 Å². The first-order valence-electron chi connectivity index (χ1n) is 9.88. The summed E-state index contributed by atoms with van der Waals surface area (Å²) in [6, 6.07) is 11.3. The minimum atomic E-state index is -4.03. The summed E-state index contributed by atoms with van der Waals surface area (Å²) >= 11 is 0. The van der Waals surface area contributed by atoms with Crippen LogP contribution in [0.5, 0.6) is 0 Å². The van der Waals surface area contributed by atoms with Gasteiger partial charge in [0.25, 0.3) is 0 Å². The van der Waals surface area contributed by atoms with Gasteiger partial charge in [-0.25, -0.2) is 32.0 Å². The van der Waals surface area contributed by atoms with Crippen LogP contribution in [-0.2, 0) is 23.0 Å². The third-order valence-electron chi connectivity index (χ3n) is 5.22. The van der Waals surface area contributed by atoms with Crippen molar-refractivity contribution in [1.29, 1.82) is 0 Å². The highest BCUT2D eigenvalue weighted by Gasteiger charge is 2.24. The zero-order valence-electron chi connectivity index (χ0n) is 17.0. The topological polar surface area (TPSA) is 94.1 Å². The van der Waals surface area contributed by atoms with Crippen LogP contribution in [0.15, 0.2) is 47.4 Å². The molecule has 1 fully saturated rings. The van der Waals surface area contributed by atoms with Crippen molar-refractivity contribution in [2.45, 2.75) is 37.4 Å². The summed E-state index contributed by atoms with van der Waals surface area (Å²) in [5.74, 6) is 0.170. The van der Waals surface area contributed by atoms with Crippen molar-refractivity contribution in [2.75, 3.05) is 13.1 Å². The van der Waals surface area contributed by atoms with E-state index in [0.29, 0.717) is 44.1 Å². The standard InChI is InChI=1S/C21H23F2N5O2S/c1-14-3-2-4-15(9-14)10-21-25-20(13-27-8-7-16(22)12-27)26-28(21)19-6-5-17(11-18(19)23)31(24,29)30/h2-6,9,11,16H,7-8,10,12-13H2,1H3,(H2,24,29,30)/t16-/m0/s1. The Morgan fingerprint density at radius 3 is 2.68 bits per heavy atom. The number of alkyl halides is 1. The molecule has 0 radical (unpaired) electrons. The normalized spacial score (nSPS) is 17.4. The Labute approximate surface area is 179 Å². The second-order valence-corrected chi connectivity index (χ2v) is 9.36. The van der Waals surface area contributed by atoms with Crippen molar-refractivity contribution < 1.29 is 17.2 Å². The molecule has 1 atom stereocenters. The van der Waals surface area contributed by atoms with Crippen LogP contribution < -0.4 is 5.14 Å². The van der Waals surface area contributed by atoms with Gasteiger partial charge in [0.05, 0.1) is 11.4 Å². The smallest absolute Gasteiger partial charge is 0.238 e. The van der Waals surface area contributed by atoms with E-state index in [4.69, 9.17) is 5.14 Å². The molecule has 1 aromatic heterocycles. The van der Waals surface area contributed by atoms with Crippen molar-refractivity contribution in [1.82, 2.24) is 19.7 Å². The van der Waals surface area contributed by atoms with Gasteiger partial charge in [-0.1, -0.05) is 29.8 Å². The molecule has 2 aromatic carbocycles. The molecule has 0 spiro atoms. The molecule has 4 rings (SSSR count). The average Bonchev–Trinajstić information content (AvgIpc) is 3.27. The third-order valence-corrected chi connectivity index (χ3v) is 6.13. The zero-order chi connectivity index (χ0) is 22.2. The van der Waals surface area contributed by atoms with Crippen LogP contribution in [0.25, 0.3) is 5.69 Å². The summed E-state index contributed by atoms with van der Waals surface area (Å²) in [4.78, 5) is 6.19. The van der Waals surface area contributed by atoms with Gasteiger partial charge in [0, 0.05) is 19.5 Å². The number of benzene rings is 2. The molecular formula is C21H23F2N5O2S. The van der Waals surface area contributed by atoms with E-state index in [-0.39, 0.29) is 10.6 Å². The zero-order valence-corrected chi connectivity index (χ0v) is 17.8. The van der Waals surface area contributed by atoms with Crippen LogP contribution in [0.3, 0.4) is 0 Å². The molecule has 3 aromatic rings. The summed E-state index contributed by atoms with van der Waals surface area (Å²) < 4.78 is 52.8. The van der Waals surface area contributed by atoms with Gasteiger partial charge < -0.3 is 0 Å². The third kappa shape index (κ3) is 4.97. The molecule has 2 N–H and O–H groups in total. The lowest BCUT2D eigenvalue weighted by atomic mass is 10.1. The fourth-order valence-corrected chi connectivity index (χ4v) is 4.26. The maximum atomic E-state index is 14.8. The first-order chi connectivity index (χ1) is 14.7. The maximum absolute atomic E-state index is 14.8. The van der Waals surface area contributed by atoms with E-state index < -0.39 is 22.0 Å². The van der Waals surface area contributed by atoms with Crippen molar-refractivity contribution in [3.8, 4) is 5.69 Å². The van der Waals surface area contributed by atoms with Gasteiger partial charge in [0.1, 0.15) is 23.5 Å². The number of rotatable bonds is 6. The lowest BCUT2D eigenvalue weighted by Crippen LogP contribution is -2.21. The molecule has 1 aliphatic heterocycles. The van der Waals surface area contributed by atoms with Gasteiger partial charge in [0.2, 0.25) is 10.0 Å². The van der Waals surface area contributed by atoms with Crippen LogP contribution in [0.1, 0.15) is 29.2 Å². The quantitative estimate of drug-likeness (QED) is 0.627. The van der Waals surface area contributed by atoms with E-state index in [1.54, 1.807) is 0 Å². The molecule has 0 bridgehead atoms. The second kappa shape index (κ2) is 8.45. The number of sulfonamides is 1. The fraction of sp³-hybridized carbons (Fsp3) is 0.333. The summed E-state index contributed by atoms with van der Waals surface area (Å²) in [5, 5.41) is 9.56. The molecule has 164 valence electrons. The van der Waals surface area contributed by atoms with Gasteiger partial charge in [-0.2, -0.15) is 0 Å². The Balaban J connectivity index is 1.72. The summed E-state index contributed by atoms with van der Waals surface area (Å²) in [5.41, 5.74) is 2.13. The monoisotopic (exact) mass is 447 g/mol. The van der Waals surface area contributed by atoms with E-state index in [9.17, 15) is 17.2 Å². The summed E-state index contributed by atoms with van der Waals surface area (Å²) in [6.07, 6.45) is 0.00849. The first kappa shape index (κ1) is 21.5. The van der Waals surface area contributed by atoms with E-state index >= 15 is 0 Å². The molecule has 31 heavy (non-hydrogen) atoms. The van der Waals surface area contributed by atoms with Crippen LogP contribution in [0, 0.1) is 12.7 Å². The van der Waals surface area contributed by atoms with Crippen molar-refractivity contribution in [3.05, 3.63) is 71.1 Å². The van der Waals surface area contributed by atoms with Crippen molar-refractivity contribution in [2.24, 2.45) is 5.14 Å².